The van der Waals surface area contributed by atoms with Gasteiger partial charge >= 0.3 is 0 Å². The Morgan fingerprint density at radius 3 is 2.41 bits per heavy atom. The van der Waals surface area contributed by atoms with Crippen LogP contribution in [0.4, 0.5) is 0 Å². The van der Waals surface area contributed by atoms with Gasteiger partial charge in [-0.1, -0.05) is 96.2 Å². The van der Waals surface area contributed by atoms with E-state index in [0.717, 1.165) is 39.2 Å². The molecular formula is C54H63ClN6O7S. The van der Waals surface area contributed by atoms with Crippen LogP contribution in [0.1, 0.15) is 125 Å². The second-order valence-electron chi connectivity index (χ2n) is 20.8. The SMILES string of the molecule is Cc1ncsc1-c1ccc([C@H](C)NC(=O)[C@@H]2C[C@@H](O)CN2C(=O)[C@@H](NC(=O)COCCCCC#Cc2ccc3c(c2)CN(C2C(C)(C)C(Oc4ccc(C#N)c(Cl)c4)C2(C)C)C3=O)C(C)(C)C)cc1. The van der Waals surface area contributed by atoms with Crippen molar-refractivity contribution >= 4 is 46.6 Å². The molecule has 15 heteroatoms. The molecule has 0 bridgehead atoms. The number of aliphatic hydroxyl groups is 1. The quantitative estimate of drug-likeness (QED) is 0.0781. The summed E-state index contributed by atoms with van der Waals surface area (Å²) in [5.41, 5.74) is 6.13. The van der Waals surface area contributed by atoms with Crippen molar-refractivity contribution in [2.24, 2.45) is 16.2 Å². The fourth-order valence-electron chi connectivity index (χ4n) is 10.6. The standard InChI is InChI=1S/C54H63ClN6O7S/c1-32(35-16-18-36(19-17-35)45-33(2)57-31-69-45)58-47(64)43-25-39(62)29-60(43)49(66)46(52(3,4)5)59-44(63)30-67-23-13-11-10-12-14-34-15-22-41-38(24-34)28-61(48(41)65)50-53(6,7)51(54(50,8)9)68-40-21-20-37(27-56)42(55)26-40/h15-22,24,26,31-32,39,43,46,50-51,62H,10-11,13,23,25,28-30H2,1-9H3,(H,58,64)(H,59,63)/t32-,39+,43-,46+,50?,51?/m0/s1. The first kappa shape index (κ1) is 51.1. The van der Waals surface area contributed by atoms with Gasteiger partial charge in [-0.3, -0.25) is 19.2 Å². The number of halogens is 1. The number of β-amino-alcohol motifs (C(OH)–C–C–N with tert-alkyl or cyclic N) is 1. The molecule has 3 heterocycles. The van der Waals surface area contributed by atoms with Crippen LogP contribution < -0.4 is 15.4 Å². The van der Waals surface area contributed by atoms with Gasteiger partial charge in [0, 0.05) is 66.6 Å². The smallest absolute Gasteiger partial charge is 0.254 e. The highest BCUT2D eigenvalue weighted by Crippen LogP contribution is 2.59. The molecule has 1 aromatic heterocycles. The van der Waals surface area contributed by atoms with Gasteiger partial charge in [-0.15, -0.1) is 11.3 Å². The van der Waals surface area contributed by atoms with E-state index in [4.69, 9.17) is 21.1 Å². The molecule has 0 unspecified atom stereocenters. The lowest BCUT2D eigenvalue weighted by molar-refractivity contribution is -0.199. The van der Waals surface area contributed by atoms with Crippen molar-refractivity contribution in [2.75, 3.05) is 19.8 Å². The molecule has 4 atom stereocenters. The minimum Gasteiger partial charge on any atom is -0.489 e. The molecule has 0 radical (unpaired) electrons. The van der Waals surface area contributed by atoms with Gasteiger partial charge in [-0.05, 0) is 79.1 Å². The average molecular weight is 976 g/mol. The molecule has 1 aliphatic carbocycles. The van der Waals surface area contributed by atoms with Gasteiger partial charge in [0.2, 0.25) is 17.7 Å². The maximum absolute atomic E-state index is 14.1. The van der Waals surface area contributed by atoms with E-state index in [0.29, 0.717) is 47.9 Å². The second-order valence-corrected chi connectivity index (χ2v) is 22.1. The lowest BCUT2D eigenvalue weighted by atomic mass is 9.49. The van der Waals surface area contributed by atoms with Crippen LogP contribution in [-0.2, 0) is 25.7 Å². The summed E-state index contributed by atoms with van der Waals surface area (Å²) in [5.74, 6) is 5.80. The topological polar surface area (TPSA) is 174 Å². The molecule has 2 aliphatic heterocycles. The Kier molecular flexibility index (Phi) is 15.3. The first-order chi connectivity index (χ1) is 32.6. The highest BCUT2D eigenvalue weighted by atomic mass is 35.5. The van der Waals surface area contributed by atoms with E-state index in [9.17, 15) is 29.5 Å². The third kappa shape index (κ3) is 11.0. The summed E-state index contributed by atoms with van der Waals surface area (Å²) >= 11 is 7.86. The van der Waals surface area contributed by atoms with Crippen LogP contribution in [-0.4, -0.2) is 93.6 Å². The van der Waals surface area contributed by atoms with Crippen LogP contribution in [0, 0.1) is 46.3 Å². The van der Waals surface area contributed by atoms with Crippen molar-refractivity contribution in [1.82, 2.24) is 25.4 Å². The molecule has 7 rings (SSSR count). The Hall–Kier alpha value is -5.77. The number of amides is 4. The lowest BCUT2D eigenvalue weighted by Crippen LogP contribution is -2.74. The molecule has 3 aromatic carbocycles. The zero-order valence-electron chi connectivity index (χ0n) is 40.9. The van der Waals surface area contributed by atoms with Gasteiger partial charge in [0.25, 0.3) is 5.91 Å². The molecule has 13 nitrogen and oxygen atoms in total. The van der Waals surface area contributed by atoms with Gasteiger partial charge in [0.15, 0.2) is 0 Å². The van der Waals surface area contributed by atoms with Gasteiger partial charge in [0.1, 0.15) is 36.6 Å². The number of aromatic nitrogens is 1. The highest BCUT2D eigenvalue weighted by molar-refractivity contribution is 7.13. The number of likely N-dealkylation sites (tertiary alicyclic amines) is 1. The normalized spacial score (nSPS) is 21.0. The van der Waals surface area contributed by atoms with E-state index >= 15 is 0 Å². The summed E-state index contributed by atoms with van der Waals surface area (Å²) in [5, 5.41) is 26.1. The Morgan fingerprint density at radius 2 is 1.75 bits per heavy atom. The molecule has 4 amide bonds. The van der Waals surface area contributed by atoms with Gasteiger partial charge in [-0.25, -0.2) is 4.98 Å². The third-order valence-corrected chi connectivity index (χ3v) is 15.0. The summed E-state index contributed by atoms with van der Waals surface area (Å²) in [4.78, 5) is 63.5. The van der Waals surface area contributed by atoms with Crippen LogP contribution in [0.25, 0.3) is 10.4 Å². The summed E-state index contributed by atoms with van der Waals surface area (Å²) in [6.07, 6.45) is 1.04. The van der Waals surface area contributed by atoms with E-state index in [1.165, 1.54) is 4.90 Å². The van der Waals surface area contributed by atoms with Gasteiger partial charge < -0.3 is 35.0 Å². The molecule has 0 spiro atoms. The van der Waals surface area contributed by atoms with Crippen LogP contribution in [0.3, 0.4) is 0 Å². The molecule has 4 aromatic rings. The number of unbranched alkanes of at least 4 members (excludes halogenated alkanes) is 2. The number of carbonyl (C=O) groups is 4. The van der Waals surface area contributed by atoms with Crippen molar-refractivity contribution in [1.29, 1.82) is 5.26 Å². The molecule has 1 saturated carbocycles. The number of aryl methyl sites for hydroxylation is 1. The predicted molar refractivity (Wildman–Crippen MR) is 266 cm³/mol. The Labute approximate surface area is 414 Å². The van der Waals surface area contributed by atoms with E-state index in [1.807, 2.05) is 87.5 Å². The summed E-state index contributed by atoms with van der Waals surface area (Å²) in [6, 6.07) is 18.5. The molecule has 364 valence electrons. The summed E-state index contributed by atoms with van der Waals surface area (Å²) < 4.78 is 12.2. The average Bonchev–Trinajstić information content (AvgIpc) is 4.00. The number of hydrogen-bond donors (Lipinski definition) is 3. The number of thiazole rings is 1. The first-order valence-corrected chi connectivity index (χ1v) is 24.8. The predicted octanol–water partition coefficient (Wildman–Crippen LogP) is 8.39. The van der Waals surface area contributed by atoms with Gasteiger partial charge in [0.05, 0.1) is 38.8 Å². The number of nitrogens with one attached hydrogen (secondary N) is 2. The maximum Gasteiger partial charge on any atom is 0.254 e. The highest BCUT2D eigenvalue weighted by Gasteiger charge is 2.67. The van der Waals surface area contributed by atoms with Crippen molar-refractivity contribution in [3.63, 3.8) is 0 Å². The number of benzene rings is 3. The summed E-state index contributed by atoms with van der Waals surface area (Å²) in [7, 11) is 0. The summed E-state index contributed by atoms with van der Waals surface area (Å²) in [6.45, 7) is 18.4. The Bertz CT molecular complexity index is 2680. The van der Waals surface area contributed by atoms with Crippen molar-refractivity contribution in [2.45, 2.75) is 131 Å². The van der Waals surface area contributed by atoms with Crippen molar-refractivity contribution in [3.05, 3.63) is 105 Å². The molecular weight excluding hydrogens is 912 g/mol. The minimum absolute atomic E-state index is 0.00331. The van der Waals surface area contributed by atoms with Crippen LogP contribution in [0.15, 0.2) is 66.2 Å². The molecule has 3 aliphatic rings. The molecule has 2 fully saturated rings. The Morgan fingerprint density at radius 1 is 1.03 bits per heavy atom. The molecule has 69 heavy (non-hydrogen) atoms. The van der Waals surface area contributed by atoms with Gasteiger partial charge in [-0.2, -0.15) is 5.26 Å². The van der Waals surface area contributed by atoms with Crippen LogP contribution in [0.5, 0.6) is 5.75 Å². The zero-order chi connectivity index (χ0) is 50.0. The van der Waals surface area contributed by atoms with E-state index in [2.05, 4.69) is 61.2 Å². The first-order valence-electron chi connectivity index (χ1n) is 23.6. The van der Waals surface area contributed by atoms with Crippen molar-refractivity contribution in [3.8, 4) is 34.1 Å². The van der Waals surface area contributed by atoms with E-state index in [-0.39, 0.29) is 60.4 Å². The largest absolute Gasteiger partial charge is 0.489 e. The number of ether oxygens (including phenoxy) is 2. The number of aliphatic hydroxyl groups excluding tert-OH is 1. The van der Waals surface area contributed by atoms with Crippen LogP contribution >= 0.6 is 22.9 Å². The number of nitriles is 1. The third-order valence-electron chi connectivity index (χ3n) is 13.7. The maximum atomic E-state index is 14.1. The molecule has 1 saturated heterocycles. The van der Waals surface area contributed by atoms with Crippen LogP contribution in [0.2, 0.25) is 5.02 Å². The number of carbonyl (C=O) groups excluding carboxylic acids is 4. The monoisotopic (exact) mass is 974 g/mol. The Balaban J connectivity index is 0.849. The number of nitrogens with zero attached hydrogens (tertiary/aromatic N) is 4. The zero-order valence-corrected chi connectivity index (χ0v) is 42.5. The molecule has 3 N–H and O–H groups in total. The van der Waals surface area contributed by atoms with Crippen molar-refractivity contribution < 1.29 is 33.8 Å². The second kappa shape index (κ2) is 20.7. The lowest BCUT2D eigenvalue weighted by Gasteiger charge is -2.65. The number of hydrogen-bond acceptors (Lipinski definition) is 10. The van der Waals surface area contributed by atoms with E-state index in [1.54, 1.807) is 29.5 Å². The number of fused-ring (bicyclic) bond motifs is 1. The fraction of sp³-hybridized carbons (Fsp3) is 0.481. The fourth-order valence-corrected chi connectivity index (χ4v) is 11.6. The number of rotatable bonds is 15. The van der Waals surface area contributed by atoms with E-state index < -0.39 is 35.4 Å². The minimum atomic E-state index is -0.963.